The van der Waals surface area contributed by atoms with E-state index in [9.17, 15) is 9.90 Å². The van der Waals surface area contributed by atoms with E-state index in [0.717, 1.165) is 29.4 Å². The number of likely N-dealkylation sites (tertiary alicyclic amines) is 1. The van der Waals surface area contributed by atoms with Crippen LogP contribution < -0.4 is 5.73 Å². The van der Waals surface area contributed by atoms with Crippen molar-refractivity contribution in [2.45, 2.75) is 24.9 Å². The maximum absolute atomic E-state index is 12.7. The van der Waals surface area contributed by atoms with Crippen molar-refractivity contribution in [1.29, 1.82) is 0 Å². The molecule has 1 fully saturated rings. The number of rotatable bonds is 3. The highest BCUT2D eigenvalue weighted by Crippen LogP contribution is 2.33. The van der Waals surface area contributed by atoms with Gasteiger partial charge in [-0.25, -0.2) is 0 Å². The van der Waals surface area contributed by atoms with Gasteiger partial charge in [0.25, 0.3) is 5.91 Å². The molecular weight excluding hydrogens is 374 g/mol. The van der Waals surface area contributed by atoms with E-state index < -0.39 is 6.10 Å². The molecule has 28 heavy (non-hydrogen) atoms. The molecule has 1 atom stereocenters. The zero-order valence-corrected chi connectivity index (χ0v) is 16.1. The number of nitrogens with zero attached hydrogens (tertiary/aromatic N) is 2. The summed E-state index contributed by atoms with van der Waals surface area (Å²) in [5.41, 5.74) is 9.35. The highest BCUT2D eigenvalue weighted by atomic mass is 35.5. The highest BCUT2D eigenvalue weighted by molar-refractivity contribution is 6.30. The van der Waals surface area contributed by atoms with Crippen molar-refractivity contribution < 1.29 is 9.90 Å². The van der Waals surface area contributed by atoms with E-state index in [1.165, 1.54) is 0 Å². The van der Waals surface area contributed by atoms with Crippen LogP contribution in [0.15, 0.2) is 54.6 Å². The van der Waals surface area contributed by atoms with Crippen LogP contribution in [0.3, 0.4) is 0 Å². The summed E-state index contributed by atoms with van der Waals surface area (Å²) in [4.78, 5) is 19.2. The Morgan fingerprint density at radius 2 is 1.82 bits per heavy atom. The van der Waals surface area contributed by atoms with E-state index in [0.29, 0.717) is 29.4 Å². The van der Waals surface area contributed by atoms with E-state index in [1.807, 2.05) is 30.3 Å². The Bertz CT molecular complexity index is 998. The minimum absolute atomic E-state index is 0.210. The summed E-state index contributed by atoms with van der Waals surface area (Å²) < 4.78 is 0. The smallest absolute Gasteiger partial charge is 0.256 e. The van der Waals surface area contributed by atoms with Crippen molar-refractivity contribution >= 4 is 34.1 Å². The van der Waals surface area contributed by atoms with Crippen LogP contribution >= 0.6 is 11.6 Å². The average molecular weight is 396 g/mol. The van der Waals surface area contributed by atoms with Crippen LogP contribution in [0.4, 0.5) is 5.69 Å². The number of hydrogen-bond acceptors (Lipinski definition) is 4. The molecular formula is C22H22ClN3O2. The van der Waals surface area contributed by atoms with Gasteiger partial charge in [-0.2, -0.15) is 0 Å². The van der Waals surface area contributed by atoms with Gasteiger partial charge in [-0.15, -0.1) is 0 Å². The van der Waals surface area contributed by atoms with Crippen LogP contribution in [0.5, 0.6) is 0 Å². The molecule has 4 rings (SSSR count). The Labute approximate surface area is 168 Å². The number of nitrogen functional groups attached to an aromatic ring is 1. The minimum Gasteiger partial charge on any atom is -0.397 e. The van der Waals surface area contributed by atoms with Crippen molar-refractivity contribution in [3.8, 4) is 0 Å². The summed E-state index contributed by atoms with van der Waals surface area (Å²) in [6.45, 7) is 1.14. The quantitative estimate of drug-likeness (QED) is 0.704. The van der Waals surface area contributed by atoms with Crippen LogP contribution in [0.25, 0.3) is 10.9 Å². The number of fused-ring (bicyclic) bond motifs is 1. The summed E-state index contributed by atoms with van der Waals surface area (Å²) in [6, 6.07) is 16.6. The fourth-order valence-electron chi connectivity index (χ4n) is 3.81. The molecule has 0 saturated carbocycles. The first-order valence-corrected chi connectivity index (χ1v) is 9.78. The zero-order valence-electron chi connectivity index (χ0n) is 15.4. The Morgan fingerprint density at radius 1 is 1.14 bits per heavy atom. The molecule has 1 aliphatic rings. The summed E-state index contributed by atoms with van der Waals surface area (Å²) in [7, 11) is 0. The van der Waals surface area contributed by atoms with E-state index in [1.54, 1.807) is 29.2 Å². The monoisotopic (exact) mass is 395 g/mol. The Kier molecular flexibility index (Phi) is 5.20. The van der Waals surface area contributed by atoms with Crippen molar-refractivity contribution in [1.82, 2.24) is 9.88 Å². The third kappa shape index (κ3) is 3.68. The number of carbonyl (C=O) groups excluding carboxylic acids is 1. The lowest BCUT2D eigenvalue weighted by atomic mass is 9.91. The number of aliphatic hydroxyl groups excluding tert-OH is 1. The molecule has 0 bridgehead atoms. The number of benzene rings is 2. The summed E-state index contributed by atoms with van der Waals surface area (Å²) in [5.74, 6) is -0.0680. The van der Waals surface area contributed by atoms with Gasteiger partial charge in [-0.05, 0) is 42.7 Å². The molecule has 1 saturated heterocycles. The molecule has 0 radical (unpaired) electrons. The minimum atomic E-state index is -1.17. The SMILES string of the molecule is Nc1cc2ccccc2nc1C1CCN(C(=O)C(O)c2ccc(Cl)cc2)CC1. The number of aromatic nitrogens is 1. The molecule has 2 aromatic carbocycles. The molecule has 6 heteroatoms. The predicted molar refractivity (Wildman–Crippen MR) is 111 cm³/mol. The number of hydrogen-bond donors (Lipinski definition) is 2. The van der Waals surface area contributed by atoms with Crippen molar-refractivity contribution in [2.24, 2.45) is 0 Å². The van der Waals surface area contributed by atoms with Crippen LogP contribution in [0.1, 0.15) is 36.1 Å². The summed E-state index contributed by atoms with van der Waals surface area (Å²) in [5, 5.41) is 12.0. The number of aliphatic hydroxyl groups is 1. The summed E-state index contributed by atoms with van der Waals surface area (Å²) >= 11 is 5.87. The standard InChI is InChI=1S/C22H22ClN3O2/c23-17-7-5-15(6-8-17)21(27)22(28)26-11-9-14(10-12-26)20-18(24)13-16-3-1-2-4-19(16)25-20/h1-8,13-14,21,27H,9-12,24H2. The third-order valence-electron chi connectivity index (χ3n) is 5.40. The van der Waals surface area contributed by atoms with Gasteiger partial charge in [0.1, 0.15) is 0 Å². The largest absolute Gasteiger partial charge is 0.397 e. The van der Waals surface area contributed by atoms with Gasteiger partial charge in [0.05, 0.1) is 16.9 Å². The van der Waals surface area contributed by atoms with Crippen molar-refractivity contribution in [3.05, 3.63) is 70.9 Å². The predicted octanol–water partition coefficient (Wildman–Crippen LogP) is 3.91. The van der Waals surface area contributed by atoms with Gasteiger partial charge < -0.3 is 15.7 Å². The second kappa shape index (κ2) is 7.78. The lowest BCUT2D eigenvalue weighted by Crippen LogP contribution is -2.40. The van der Waals surface area contributed by atoms with E-state index >= 15 is 0 Å². The molecule has 2 heterocycles. The number of halogens is 1. The third-order valence-corrected chi connectivity index (χ3v) is 5.65. The fraction of sp³-hybridized carbons (Fsp3) is 0.273. The normalized spacial score (nSPS) is 16.3. The summed E-state index contributed by atoms with van der Waals surface area (Å²) in [6.07, 6.45) is 0.376. The van der Waals surface area contributed by atoms with Crippen LogP contribution in [-0.4, -0.2) is 34.0 Å². The fourth-order valence-corrected chi connectivity index (χ4v) is 3.93. The van der Waals surface area contributed by atoms with Gasteiger partial charge in [0.15, 0.2) is 6.10 Å². The molecule has 1 aromatic heterocycles. The van der Waals surface area contributed by atoms with E-state index in [2.05, 4.69) is 0 Å². The average Bonchev–Trinajstić information content (AvgIpc) is 2.73. The molecule has 0 spiro atoms. The lowest BCUT2D eigenvalue weighted by molar-refractivity contribution is -0.141. The number of piperidine rings is 1. The molecule has 1 unspecified atom stereocenters. The number of anilines is 1. The van der Waals surface area contributed by atoms with Gasteiger partial charge in [0.2, 0.25) is 0 Å². The first kappa shape index (κ1) is 18.7. The molecule has 0 aliphatic carbocycles. The molecule has 144 valence electrons. The molecule has 1 aliphatic heterocycles. The van der Waals surface area contributed by atoms with Gasteiger partial charge in [-0.1, -0.05) is 41.9 Å². The maximum Gasteiger partial charge on any atom is 0.256 e. The van der Waals surface area contributed by atoms with E-state index in [-0.39, 0.29) is 11.8 Å². The Morgan fingerprint density at radius 3 is 2.54 bits per heavy atom. The second-order valence-electron chi connectivity index (χ2n) is 7.21. The van der Waals surface area contributed by atoms with E-state index in [4.69, 9.17) is 22.3 Å². The number of para-hydroxylation sites is 1. The first-order chi connectivity index (χ1) is 13.5. The highest BCUT2D eigenvalue weighted by Gasteiger charge is 2.29. The van der Waals surface area contributed by atoms with Gasteiger partial charge in [0, 0.05) is 29.4 Å². The molecule has 3 aromatic rings. The topological polar surface area (TPSA) is 79.5 Å². The van der Waals surface area contributed by atoms with Crippen molar-refractivity contribution in [2.75, 3.05) is 18.8 Å². The van der Waals surface area contributed by atoms with Gasteiger partial charge >= 0.3 is 0 Å². The molecule has 1 amide bonds. The van der Waals surface area contributed by atoms with Crippen LogP contribution in [0, 0.1) is 0 Å². The first-order valence-electron chi connectivity index (χ1n) is 9.40. The maximum atomic E-state index is 12.7. The lowest BCUT2D eigenvalue weighted by Gasteiger charge is -2.33. The zero-order chi connectivity index (χ0) is 19.7. The second-order valence-corrected chi connectivity index (χ2v) is 7.65. The molecule has 5 nitrogen and oxygen atoms in total. The number of nitrogens with two attached hydrogens (primary N) is 1. The number of carbonyl (C=O) groups is 1. The number of amides is 1. The molecule has 3 N–H and O–H groups in total. The van der Waals surface area contributed by atoms with Crippen LogP contribution in [0.2, 0.25) is 5.02 Å². The Balaban J connectivity index is 1.45. The van der Waals surface area contributed by atoms with Crippen molar-refractivity contribution in [3.63, 3.8) is 0 Å². The number of pyridine rings is 1. The van der Waals surface area contributed by atoms with Crippen LogP contribution in [-0.2, 0) is 4.79 Å². The van der Waals surface area contributed by atoms with Gasteiger partial charge in [-0.3, -0.25) is 9.78 Å². The Hall–Kier alpha value is -2.63.